The van der Waals surface area contributed by atoms with Crippen molar-refractivity contribution >= 4 is 0 Å². The predicted octanol–water partition coefficient (Wildman–Crippen LogP) is 3.34. The first-order valence-electron chi connectivity index (χ1n) is 5.06. The van der Waals surface area contributed by atoms with Gasteiger partial charge in [-0.15, -0.1) is 0 Å². The lowest BCUT2D eigenvalue weighted by molar-refractivity contribution is 0.150. The molecule has 1 nitrogen and oxygen atoms in total. The summed E-state index contributed by atoms with van der Waals surface area (Å²) in [5, 5.41) is 0. The molecule has 0 amide bonds. The molecule has 0 saturated carbocycles. The minimum atomic E-state index is 0.719. The molecule has 74 valence electrons. The van der Waals surface area contributed by atoms with Gasteiger partial charge in [0.2, 0.25) is 0 Å². The maximum atomic E-state index is 5.10. The zero-order valence-corrected chi connectivity index (χ0v) is 9.26. The molecule has 0 bridgehead atoms. The highest BCUT2D eigenvalue weighted by Gasteiger charge is 2.09. The standard InChI is InChI=1S/C11H24O/c1-9(2)11(4)7-6-10(3)8-12-5/h9-11H,6-8H2,1-5H3. The molecule has 0 N–H and O–H groups in total. The Morgan fingerprint density at radius 3 is 2.00 bits per heavy atom. The third-order valence-corrected chi connectivity index (χ3v) is 2.70. The van der Waals surface area contributed by atoms with Crippen LogP contribution < -0.4 is 0 Å². The van der Waals surface area contributed by atoms with E-state index < -0.39 is 0 Å². The molecular weight excluding hydrogens is 148 g/mol. The van der Waals surface area contributed by atoms with Gasteiger partial charge >= 0.3 is 0 Å². The molecule has 1 heteroatoms. The monoisotopic (exact) mass is 172 g/mol. The van der Waals surface area contributed by atoms with Gasteiger partial charge in [0.25, 0.3) is 0 Å². The highest BCUT2D eigenvalue weighted by Crippen LogP contribution is 2.19. The van der Waals surface area contributed by atoms with Crippen LogP contribution in [-0.4, -0.2) is 13.7 Å². The summed E-state index contributed by atoms with van der Waals surface area (Å²) in [7, 11) is 1.78. The lowest BCUT2D eigenvalue weighted by Crippen LogP contribution is -2.09. The van der Waals surface area contributed by atoms with Crippen LogP contribution >= 0.6 is 0 Å². The smallest absolute Gasteiger partial charge is 0.0487 e. The summed E-state index contributed by atoms with van der Waals surface area (Å²) >= 11 is 0. The summed E-state index contributed by atoms with van der Waals surface area (Å²) in [5.74, 6) is 2.39. The maximum Gasteiger partial charge on any atom is 0.0487 e. The minimum Gasteiger partial charge on any atom is -0.384 e. The number of hydrogen-bond donors (Lipinski definition) is 0. The van der Waals surface area contributed by atoms with Crippen LogP contribution in [0.2, 0.25) is 0 Å². The van der Waals surface area contributed by atoms with E-state index in [1.54, 1.807) is 7.11 Å². The van der Waals surface area contributed by atoms with Gasteiger partial charge in [-0.2, -0.15) is 0 Å². The van der Waals surface area contributed by atoms with E-state index in [1.807, 2.05) is 0 Å². The average molecular weight is 172 g/mol. The molecule has 0 spiro atoms. The fourth-order valence-electron chi connectivity index (χ4n) is 1.25. The van der Waals surface area contributed by atoms with Crippen LogP contribution in [0.1, 0.15) is 40.5 Å². The molecule has 0 aromatic carbocycles. The van der Waals surface area contributed by atoms with Gasteiger partial charge in [0.1, 0.15) is 0 Å². The van der Waals surface area contributed by atoms with Crippen molar-refractivity contribution in [2.24, 2.45) is 17.8 Å². The average Bonchev–Trinajstić information content (AvgIpc) is 2.00. The van der Waals surface area contributed by atoms with Crippen LogP contribution in [-0.2, 0) is 4.74 Å². The summed E-state index contributed by atoms with van der Waals surface area (Å²) in [6, 6.07) is 0. The summed E-state index contributed by atoms with van der Waals surface area (Å²) in [6.45, 7) is 10.1. The Labute approximate surface area is 77.5 Å². The second kappa shape index (κ2) is 6.47. The van der Waals surface area contributed by atoms with E-state index in [1.165, 1.54) is 12.8 Å². The van der Waals surface area contributed by atoms with Gasteiger partial charge in [-0.1, -0.05) is 34.1 Å². The van der Waals surface area contributed by atoms with Crippen molar-refractivity contribution in [2.45, 2.75) is 40.5 Å². The highest BCUT2D eigenvalue weighted by molar-refractivity contribution is 4.60. The van der Waals surface area contributed by atoms with E-state index in [4.69, 9.17) is 4.74 Å². The molecule has 0 heterocycles. The molecule has 0 aromatic rings. The molecule has 0 aromatic heterocycles. The van der Waals surface area contributed by atoms with Crippen LogP contribution in [0.15, 0.2) is 0 Å². The Kier molecular flexibility index (Phi) is 6.45. The van der Waals surface area contributed by atoms with E-state index in [0.29, 0.717) is 0 Å². The van der Waals surface area contributed by atoms with Crippen LogP contribution in [0.25, 0.3) is 0 Å². The fraction of sp³-hybridized carbons (Fsp3) is 1.00. The van der Waals surface area contributed by atoms with Gasteiger partial charge in [0.05, 0.1) is 0 Å². The Balaban J connectivity index is 3.40. The van der Waals surface area contributed by atoms with E-state index >= 15 is 0 Å². The zero-order chi connectivity index (χ0) is 9.56. The molecule has 2 atom stereocenters. The Bertz CT molecular complexity index is 99.2. The third kappa shape index (κ3) is 5.59. The summed E-state index contributed by atoms with van der Waals surface area (Å²) in [6.07, 6.45) is 2.63. The first-order chi connectivity index (χ1) is 5.57. The summed E-state index contributed by atoms with van der Waals surface area (Å²) in [4.78, 5) is 0. The lowest BCUT2D eigenvalue weighted by Gasteiger charge is -2.17. The molecule has 12 heavy (non-hydrogen) atoms. The SMILES string of the molecule is COCC(C)CCC(C)C(C)C. The topological polar surface area (TPSA) is 9.23 Å². The molecule has 0 aliphatic rings. The van der Waals surface area contributed by atoms with Crippen molar-refractivity contribution in [3.05, 3.63) is 0 Å². The summed E-state index contributed by atoms with van der Waals surface area (Å²) < 4.78 is 5.10. The van der Waals surface area contributed by atoms with E-state index in [-0.39, 0.29) is 0 Å². The molecule has 0 aliphatic heterocycles. The van der Waals surface area contributed by atoms with Gasteiger partial charge in [0, 0.05) is 13.7 Å². The quantitative estimate of drug-likeness (QED) is 0.597. The second-order valence-corrected chi connectivity index (χ2v) is 4.36. The van der Waals surface area contributed by atoms with E-state index in [2.05, 4.69) is 27.7 Å². The number of methoxy groups -OCH3 is 1. The molecule has 0 fully saturated rings. The minimum absolute atomic E-state index is 0.719. The van der Waals surface area contributed by atoms with Crippen molar-refractivity contribution in [1.29, 1.82) is 0 Å². The van der Waals surface area contributed by atoms with Crippen molar-refractivity contribution in [3.8, 4) is 0 Å². The zero-order valence-electron chi connectivity index (χ0n) is 9.26. The number of rotatable bonds is 6. The van der Waals surface area contributed by atoms with Crippen LogP contribution in [0, 0.1) is 17.8 Å². The molecular formula is C11H24O. The largest absolute Gasteiger partial charge is 0.384 e. The van der Waals surface area contributed by atoms with Crippen LogP contribution in [0.3, 0.4) is 0 Å². The van der Waals surface area contributed by atoms with Crippen LogP contribution in [0.4, 0.5) is 0 Å². The second-order valence-electron chi connectivity index (χ2n) is 4.36. The first-order valence-corrected chi connectivity index (χ1v) is 5.06. The Morgan fingerprint density at radius 1 is 1.00 bits per heavy atom. The van der Waals surface area contributed by atoms with Gasteiger partial charge in [-0.05, 0) is 24.2 Å². The Morgan fingerprint density at radius 2 is 1.58 bits per heavy atom. The van der Waals surface area contributed by atoms with Gasteiger partial charge in [-0.25, -0.2) is 0 Å². The van der Waals surface area contributed by atoms with Gasteiger partial charge in [-0.3, -0.25) is 0 Å². The fourth-order valence-corrected chi connectivity index (χ4v) is 1.25. The van der Waals surface area contributed by atoms with Crippen LogP contribution in [0.5, 0.6) is 0 Å². The van der Waals surface area contributed by atoms with Gasteiger partial charge in [0.15, 0.2) is 0 Å². The number of hydrogen-bond acceptors (Lipinski definition) is 1. The number of ether oxygens (including phenoxy) is 1. The normalized spacial score (nSPS) is 16.5. The Hall–Kier alpha value is -0.0400. The lowest BCUT2D eigenvalue weighted by atomic mass is 9.90. The van der Waals surface area contributed by atoms with E-state index in [9.17, 15) is 0 Å². The van der Waals surface area contributed by atoms with Crippen molar-refractivity contribution in [3.63, 3.8) is 0 Å². The van der Waals surface area contributed by atoms with Gasteiger partial charge < -0.3 is 4.74 Å². The van der Waals surface area contributed by atoms with Crippen molar-refractivity contribution < 1.29 is 4.74 Å². The molecule has 2 unspecified atom stereocenters. The highest BCUT2D eigenvalue weighted by atomic mass is 16.5. The molecule has 0 radical (unpaired) electrons. The first kappa shape index (κ1) is 12.0. The van der Waals surface area contributed by atoms with E-state index in [0.717, 1.165) is 24.4 Å². The third-order valence-electron chi connectivity index (χ3n) is 2.70. The molecule has 0 saturated heterocycles. The van der Waals surface area contributed by atoms with Crippen molar-refractivity contribution in [1.82, 2.24) is 0 Å². The molecule has 0 rings (SSSR count). The maximum absolute atomic E-state index is 5.10. The van der Waals surface area contributed by atoms with Crippen molar-refractivity contribution in [2.75, 3.05) is 13.7 Å². The predicted molar refractivity (Wildman–Crippen MR) is 54.3 cm³/mol. The summed E-state index contributed by atoms with van der Waals surface area (Å²) in [5.41, 5.74) is 0. The molecule has 0 aliphatic carbocycles.